The van der Waals surface area contributed by atoms with E-state index < -0.39 is 0 Å². The monoisotopic (exact) mass is 1580 g/mol. The molecule has 0 aliphatic rings. The van der Waals surface area contributed by atoms with Crippen LogP contribution in [0.25, 0.3) is 32.3 Å². The van der Waals surface area contributed by atoms with Crippen molar-refractivity contribution in [2.75, 3.05) is 38.9 Å². The molecule has 0 aromatic heterocycles. The maximum atomic E-state index is 7.32. The van der Waals surface area contributed by atoms with Crippen molar-refractivity contribution in [2.24, 2.45) is 0 Å². The molecule has 0 aliphatic carbocycles. The van der Waals surface area contributed by atoms with E-state index in [0.717, 1.165) is 46.9 Å². The van der Waals surface area contributed by atoms with Crippen LogP contribution in [0.2, 0.25) is 0 Å². The van der Waals surface area contributed by atoms with Crippen LogP contribution < -0.4 is 42.4 Å². The van der Waals surface area contributed by atoms with Gasteiger partial charge in [-0.1, -0.05) is 336 Å². The van der Waals surface area contributed by atoms with Crippen LogP contribution in [0.4, 0.5) is 0 Å². The van der Waals surface area contributed by atoms with Gasteiger partial charge in [0.2, 0.25) is 0 Å². The van der Waals surface area contributed by atoms with Crippen LogP contribution in [0.3, 0.4) is 0 Å². The summed E-state index contributed by atoms with van der Waals surface area (Å²) in [4.78, 5) is 0. The van der Waals surface area contributed by atoms with Crippen LogP contribution in [-0.4, -0.2) is 49.1 Å². The van der Waals surface area contributed by atoms with Gasteiger partial charge in [0.05, 0.1) is 0 Å². The molecule has 0 fully saturated rings. The molecule has 2 nitrogen and oxygen atoms in total. The minimum Gasteiger partial charge on any atom is -0.400 e. The summed E-state index contributed by atoms with van der Waals surface area (Å²) in [6, 6.07) is 105. The molecule has 0 amide bonds. The topological polar surface area (TPSA) is 40.5 Å². The predicted molar refractivity (Wildman–Crippen MR) is 446 cm³/mol. The molecule has 14 aromatic rings. The second-order valence-corrected chi connectivity index (χ2v) is 33.9. The number of hydrogen-bond donors (Lipinski definition) is 2. The van der Waals surface area contributed by atoms with Crippen molar-refractivity contribution < 1.29 is 49.2 Å². The van der Waals surface area contributed by atoms with E-state index in [9.17, 15) is 0 Å². The van der Waals surface area contributed by atoms with Crippen molar-refractivity contribution in [2.45, 2.75) is 69.2 Å². The first-order chi connectivity index (χ1) is 48.7. The number of hydrogen-bond acceptors (Lipinski definition) is 2. The Balaban J connectivity index is 0.000000207. The van der Waals surface area contributed by atoms with E-state index >= 15 is 0 Å². The zero-order valence-electron chi connectivity index (χ0n) is 60.9. The predicted octanol–water partition coefficient (Wildman–Crippen LogP) is 20.1. The molecule has 0 aliphatic heterocycles. The molecule has 518 valence electrons. The summed E-state index contributed by atoms with van der Waals surface area (Å²) in [5.74, 6) is 4.92. The van der Waals surface area contributed by atoms with Gasteiger partial charge in [-0.2, -0.15) is 55.6 Å². The minimum atomic E-state index is -0.348. The van der Waals surface area contributed by atoms with Gasteiger partial charge in [-0.05, 0) is 131 Å². The van der Waals surface area contributed by atoms with Gasteiger partial charge in [0, 0.05) is 14.2 Å². The fourth-order valence-electron chi connectivity index (χ4n) is 12.7. The van der Waals surface area contributed by atoms with Crippen LogP contribution in [-0.2, 0) is 39.0 Å². The van der Waals surface area contributed by atoms with Crippen LogP contribution in [0.5, 0.6) is 0 Å². The molecule has 2 N–H and O–H groups in total. The summed E-state index contributed by atoms with van der Waals surface area (Å²) < 4.78 is 0. The van der Waals surface area contributed by atoms with Crippen molar-refractivity contribution in [1.29, 1.82) is 0 Å². The van der Waals surface area contributed by atoms with E-state index in [-0.39, 0.29) is 70.6 Å². The van der Waals surface area contributed by atoms with E-state index in [1.165, 1.54) is 133 Å². The fourth-order valence-corrected chi connectivity index (χ4v) is 23.4. The van der Waals surface area contributed by atoms with Gasteiger partial charge in [0.15, 0.2) is 0 Å². The summed E-state index contributed by atoms with van der Waals surface area (Å²) in [5, 5.41) is 32.7. The maximum absolute atomic E-state index is 7.32. The SMILES string of the molecule is CO.CO.Cc1c(C)c(C)[c-](C)c1C.Cc1c(C)c(C)[c-](C)c1C.[C-]#Cc1cc2ccc3cc(C#[C-])cc4ccc(c1)c2c34.[Ru+2].[Ru+2].c1ccc(P(CCP(c2ccccc2)c2ccccc2)c2ccccc2)cc1.c1ccc(P(CCP(c2ccccc2)c2ccccc2)c2ccccc2)cc1. The maximum Gasteiger partial charge on any atom is 2.00 e. The van der Waals surface area contributed by atoms with Gasteiger partial charge in [0.25, 0.3) is 0 Å². The van der Waals surface area contributed by atoms with Gasteiger partial charge in [-0.15, -0.1) is 35.4 Å². The molecule has 0 saturated carbocycles. The van der Waals surface area contributed by atoms with E-state index in [4.69, 9.17) is 23.1 Å². The Hall–Kier alpha value is -7.61. The molecule has 14 rings (SSSR count). The van der Waals surface area contributed by atoms with Crippen LogP contribution in [0.15, 0.2) is 291 Å². The first kappa shape index (κ1) is 83.3. The van der Waals surface area contributed by atoms with Gasteiger partial charge in [0.1, 0.15) is 0 Å². The number of rotatable bonds is 14. The van der Waals surface area contributed by atoms with Crippen LogP contribution >= 0.6 is 31.7 Å². The first-order valence-electron chi connectivity index (χ1n) is 34.1. The van der Waals surface area contributed by atoms with Crippen LogP contribution in [0, 0.1) is 93.9 Å². The Morgan fingerprint density at radius 1 is 0.265 bits per heavy atom. The summed E-state index contributed by atoms with van der Waals surface area (Å²) in [6.07, 6.45) is 19.5. The summed E-state index contributed by atoms with van der Waals surface area (Å²) >= 11 is 0. The molecular weight excluding hydrogens is 1490 g/mol. The van der Waals surface area contributed by atoms with E-state index in [0.29, 0.717) is 0 Å². The smallest absolute Gasteiger partial charge is 0.400 e. The van der Waals surface area contributed by atoms with E-state index in [2.05, 4.69) is 348 Å². The minimum absolute atomic E-state index is 0. The van der Waals surface area contributed by atoms with Gasteiger partial charge in [-0.3, -0.25) is 11.8 Å². The third kappa shape index (κ3) is 21.7. The van der Waals surface area contributed by atoms with Crippen molar-refractivity contribution in [3.05, 3.63) is 371 Å². The van der Waals surface area contributed by atoms with Gasteiger partial charge in [-0.25, -0.2) is 0 Å². The zero-order valence-corrected chi connectivity index (χ0v) is 68.0. The first-order valence-corrected chi connectivity index (χ1v) is 40.2. The second kappa shape index (κ2) is 42.9. The molecular formula is C94H94O2P4Ru2. The molecule has 14 aromatic carbocycles. The molecule has 102 heavy (non-hydrogen) atoms. The van der Waals surface area contributed by atoms with E-state index in [1.54, 1.807) is 0 Å². The quantitative estimate of drug-likeness (QED) is 0.0374. The van der Waals surface area contributed by atoms with Gasteiger partial charge >= 0.3 is 39.0 Å². The fraction of sp³-hybridized carbons (Fsp3) is 0.170. The standard InChI is InChI=1S/2C26H24P2.C20H8.2C10H15.2CH4O.2Ru/c2*1-5-13-23(14-6-1)27(24-15-7-2-8-16-24)21-22-28(25-17-9-3-10-18-25)26-19-11-4-12-20-26;1-3-13-9-15-5-7-17-11-14(4-2)12-18-8-6-16(10-13)19(15)20(17)18;2*1-6-7(2)9(4)10(5)8(6)3;2*1-2;;/h2*1-20H,21-22H2;5-12H;2*1-5H3;2*2H,1H3;;/q;;-2;2*-1;;;2*+2. The normalized spacial score (nSPS) is 10.4. The third-order valence-electron chi connectivity index (χ3n) is 19.1. The molecule has 0 unspecified atom stereocenters. The summed E-state index contributed by atoms with van der Waals surface area (Å²) in [6.45, 7) is 22.0. The molecule has 8 heteroatoms. The van der Waals surface area contributed by atoms with Crippen LogP contribution in [0.1, 0.15) is 66.8 Å². The Kier molecular flexibility index (Phi) is 35.0. The Morgan fingerprint density at radius 2 is 0.412 bits per heavy atom. The Bertz CT molecular complexity index is 3980. The molecule has 0 atom stereocenters. The summed E-state index contributed by atoms with van der Waals surface area (Å²) in [5.41, 5.74) is 16.3. The second-order valence-electron chi connectivity index (χ2n) is 24.5. The molecule has 0 radical (unpaired) electrons. The number of aliphatic hydroxyl groups is 2. The third-order valence-corrected chi connectivity index (χ3v) is 29.8. The molecule has 0 heterocycles. The summed E-state index contributed by atoms with van der Waals surface area (Å²) in [7, 11) is 0.608. The van der Waals surface area contributed by atoms with Crippen molar-refractivity contribution >= 4 is 106 Å². The largest absolute Gasteiger partial charge is 2.00 e. The number of aliphatic hydroxyl groups excluding tert-OH is 2. The number of benzene rings is 12. The Labute approximate surface area is 641 Å². The van der Waals surface area contributed by atoms with Crippen molar-refractivity contribution in [1.82, 2.24) is 0 Å². The molecule has 0 saturated heterocycles. The zero-order chi connectivity index (χ0) is 71.5. The molecule has 0 bridgehead atoms. The van der Waals surface area contributed by atoms with Crippen molar-refractivity contribution in [3.63, 3.8) is 0 Å². The molecule has 0 spiro atoms. The van der Waals surface area contributed by atoms with Gasteiger partial charge < -0.3 is 23.1 Å². The average molecular weight is 1580 g/mol. The van der Waals surface area contributed by atoms with E-state index in [1.807, 2.05) is 24.3 Å². The average Bonchev–Trinajstić information content (AvgIpc) is 1.44. The Morgan fingerprint density at radius 3 is 0.529 bits per heavy atom. The van der Waals surface area contributed by atoms with Crippen molar-refractivity contribution in [3.8, 4) is 11.8 Å².